The Morgan fingerprint density at radius 2 is 2.09 bits per heavy atom. The Kier molecular flexibility index (Phi) is 6.14. The number of hydrogen-bond acceptors (Lipinski definition) is 4. The first-order valence-corrected chi connectivity index (χ1v) is 8.44. The van der Waals surface area contributed by atoms with Crippen molar-refractivity contribution < 1.29 is 15.0 Å². The molecule has 128 valence electrons. The first-order valence-electron chi connectivity index (χ1n) is 7.69. The Morgan fingerprint density at radius 3 is 2.70 bits per heavy atom. The molecule has 1 aromatic carbocycles. The summed E-state index contributed by atoms with van der Waals surface area (Å²) in [6, 6.07) is 2.69. The van der Waals surface area contributed by atoms with Crippen LogP contribution >= 0.6 is 23.2 Å². The zero-order valence-corrected chi connectivity index (χ0v) is 14.5. The number of carbonyl (C=O) groups is 1. The molecule has 0 aromatic heterocycles. The Morgan fingerprint density at radius 1 is 1.43 bits per heavy atom. The van der Waals surface area contributed by atoms with E-state index in [-0.39, 0.29) is 47.7 Å². The van der Waals surface area contributed by atoms with Crippen molar-refractivity contribution in [3.8, 4) is 5.75 Å². The van der Waals surface area contributed by atoms with E-state index in [0.29, 0.717) is 17.1 Å². The van der Waals surface area contributed by atoms with Gasteiger partial charge in [-0.15, -0.1) is 0 Å². The van der Waals surface area contributed by atoms with Crippen LogP contribution in [0.3, 0.4) is 0 Å². The topological polar surface area (TPSA) is 86.8 Å². The highest BCUT2D eigenvalue weighted by atomic mass is 35.5. The molecule has 2 unspecified atom stereocenters. The van der Waals surface area contributed by atoms with E-state index in [1.165, 1.54) is 6.07 Å². The van der Waals surface area contributed by atoms with Crippen molar-refractivity contribution in [1.29, 1.82) is 0 Å². The highest BCUT2D eigenvalue weighted by molar-refractivity contribution is 6.42. The van der Waals surface area contributed by atoms with Crippen molar-refractivity contribution in [3.05, 3.63) is 27.7 Å². The van der Waals surface area contributed by atoms with Crippen molar-refractivity contribution >= 4 is 29.1 Å². The fourth-order valence-corrected chi connectivity index (χ4v) is 3.55. The number of hydrogen-bond donors (Lipinski definition) is 3. The number of nitrogens with two attached hydrogens (primary N) is 1. The average Bonchev–Trinajstić information content (AvgIpc) is 2.50. The summed E-state index contributed by atoms with van der Waals surface area (Å²) in [5.41, 5.74) is 6.90. The lowest BCUT2D eigenvalue weighted by Crippen LogP contribution is -2.46. The molecule has 3 atom stereocenters. The second-order valence-corrected chi connectivity index (χ2v) is 6.86. The molecule has 0 aliphatic carbocycles. The van der Waals surface area contributed by atoms with Gasteiger partial charge >= 0.3 is 0 Å². The average molecular weight is 361 g/mol. The molecule has 4 N–H and O–H groups in total. The van der Waals surface area contributed by atoms with Gasteiger partial charge in [-0.1, -0.05) is 23.2 Å². The molecule has 2 rings (SSSR count). The predicted molar refractivity (Wildman–Crippen MR) is 90.7 cm³/mol. The Labute approximate surface area is 146 Å². The van der Waals surface area contributed by atoms with Gasteiger partial charge in [0.05, 0.1) is 16.7 Å². The highest BCUT2D eigenvalue weighted by Crippen LogP contribution is 2.38. The zero-order chi connectivity index (χ0) is 17.1. The normalized spacial score (nSPS) is 22.9. The number of amides is 1. The largest absolute Gasteiger partial charge is 0.508 e. The number of halogens is 2. The maximum absolute atomic E-state index is 12.0. The second-order valence-electron chi connectivity index (χ2n) is 6.05. The quantitative estimate of drug-likeness (QED) is 0.770. The van der Waals surface area contributed by atoms with Gasteiger partial charge in [0.1, 0.15) is 5.75 Å². The fourth-order valence-electron chi connectivity index (χ4n) is 3.22. The van der Waals surface area contributed by atoms with Crippen LogP contribution in [-0.2, 0) is 4.79 Å². The highest BCUT2D eigenvalue weighted by Gasteiger charge is 2.32. The van der Waals surface area contributed by atoms with E-state index in [2.05, 4.69) is 0 Å². The maximum atomic E-state index is 12.0. The smallest absolute Gasteiger partial charge is 0.225 e. The van der Waals surface area contributed by atoms with Crippen LogP contribution in [0.5, 0.6) is 5.75 Å². The molecule has 1 heterocycles. The third-order valence-electron chi connectivity index (χ3n) is 4.50. The summed E-state index contributed by atoms with van der Waals surface area (Å²) >= 11 is 11.9. The molecule has 7 heteroatoms. The van der Waals surface area contributed by atoms with E-state index in [4.69, 9.17) is 34.0 Å². The number of nitrogens with zero attached hydrogens (tertiary/aromatic N) is 1. The van der Waals surface area contributed by atoms with Crippen LogP contribution in [0.1, 0.15) is 37.8 Å². The van der Waals surface area contributed by atoms with E-state index < -0.39 is 0 Å². The zero-order valence-electron chi connectivity index (χ0n) is 13.0. The van der Waals surface area contributed by atoms with Crippen molar-refractivity contribution in [1.82, 2.24) is 4.90 Å². The number of aliphatic hydroxyl groups is 1. The molecule has 5 nitrogen and oxygen atoms in total. The summed E-state index contributed by atoms with van der Waals surface area (Å²) in [5, 5.41) is 19.6. The maximum Gasteiger partial charge on any atom is 0.225 e. The predicted octanol–water partition coefficient (Wildman–Crippen LogP) is 2.71. The first kappa shape index (κ1) is 18.3. The van der Waals surface area contributed by atoms with Crippen LogP contribution in [-0.4, -0.2) is 40.2 Å². The van der Waals surface area contributed by atoms with E-state index in [1.807, 2.05) is 6.92 Å². The molecule has 1 amide bonds. The summed E-state index contributed by atoms with van der Waals surface area (Å²) in [7, 11) is 0. The van der Waals surface area contributed by atoms with Gasteiger partial charge < -0.3 is 20.8 Å². The lowest BCUT2D eigenvalue weighted by atomic mass is 9.82. The Hall–Kier alpha value is -1.01. The monoisotopic (exact) mass is 360 g/mol. The van der Waals surface area contributed by atoms with Crippen LogP contribution in [0.4, 0.5) is 0 Å². The summed E-state index contributed by atoms with van der Waals surface area (Å²) in [4.78, 5) is 13.7. The van der Waals surface area contributed by atoms with Gasteiger partial charge in [-0.05, 0) is 31.7 Å². The van der Waals surface area contributed by atoms with Crippen LogP contribution in [0, 0.1) is 5.92 Å². The lowest BCUT2D eigenvalue weighted by Gasteiger charge is -2.40. The molecule has 23 heavy (non-hydrogen) atoms. The number of rotatable bonds is 4. The number of phenols is 1. The molecule has 0 bridgehead atoms. The van der Waals surface area contributed by atoms with Crippen LogP contribution in [0.15, 0.2) is 12.1 Å². The fraction of sp³-hybridized carbons (Fsp3) is 0.562. The Balaban J connectivity index is 2.09. The van der Waals surface area contributed by atoms with Gasteiger partial charge in [0.2, 0.25) is 5.91 Å². The van der Waals surface area contributed by atoms with Crippen LogP contribution in [0.25, 0.3) is 0 Å². The minimum atomic E-state index is -0.373. The molecule has 1 aromatic rings. The summed E-state index contributed by atoms with van der Waals surface area (Å²) in [5.74, 6) is 0.133. The van der Waals surface area contributed by atoms with Crippen LogP contribution < -0.4 is 5.73 Å². The molecule has 0 radical (unpaired) electrons. The lowest BCUT2D eigenvalue weighted by molar-refractivity contribution is -0.136. The van der Waals surface area contributed by atoms with Crippen molar-refractivity contribution in [2.45, 2.75) is 38.3 Å². The summed E-state index contributed by atoms with van der Waals surface area (Å²) < 4.78 is 0. The summed E-state index contributed by atoms with van der Waals surface area (Å²) in [6.45, 7) is 2.44. The number of likely N-dealkylation sites (tertiary alicyclic amines) is 1. The number of piperidine rings is 1. The van der Waals surface area contributed by atoms with Gasteiger partial charge in [0.25, 0.3) is 0 Å². The minimum absolute atomic E-state index is 0.0376. The standard InChI is InChI=1S/C16H22Cl2N2O3/c1-9-6-10(2-4-20(9)15(23)3-5-21)16(19)11-7-12(17)13(18)8-14(11)22/h7-10,16,21-22H,2-6,19H2,1H3/t9-,10?,16?/m1/s1. The number of aromatic hydroxyl groups is 1. The Bertz CT molecular complexity index is 583. The number of phenolic OH excluding ortho intramolecular Hbond substituents is 1. The third kappa shape index (κ3) is 4.10. The molecular formula is C16H22Cl2N2O3. The minimum Gasteiger partial charge on any atom is -0.508 e. The van der Waals surface area contributed by atoms with E-state index in [1.54, 1.807) is 11.0 Å². The van der Waals surface area contributed by atoms with Gasteiger partial charge in [0, 0.05) is 36.7 Å². The van der Waals surface area contributed by atoms with E-state index >= 15 is 0 Å². The summed E-state index contributed by atoms with van der Waals surface area (Å²) in [6.07, 6.45) is 1.62. The molecule has 0 spiro atoms. The van der Waals surface area contributed by atoms with Gasteiger partial charge in [-0.2, -0.15) is 0 Å². The molecule has 1 aliphatic rings. The number of aliphatic hydroxyl groups excluding tert-OH is 1. The number of benzene rings is 1. The number of carbonyl (C=O) groups excluding carboxylic acids is 1. The second kappa shape index (κ2) is 7.71. The molecule has 1 aliphatic heterocycles. The van der Waals surface area contributed by atoms with Crippen molar-refractivity contribution in [2.75, 3.05) is 13.2 Å². The van der Waals surface area contributed by atoms with Crippen molar-refractivity contribution in [2.24, 2.45) is 11.7 Å². The van der Waals surface area contributed by atoms with Crippen molar-refractivity contribution in [3.63, 3.8) is 0 Å². The van der Waals surface area contributed by atoms with E-state index in [0.717, 1.165) is 12.8 Å². The SMILES string of the molecule is C[C@@H]1CC(C(N)c2cc(Cl)c(Cl)cc2O)CCN1C(=O)CCO. The van der Waals surface area contributed by atoms with E-state index in [9.17, 15) is 9.90 Å². The first-order chi connectivity index (χ1) is 10.8. The third-order valence-corrected chi connectivity index (χ3v) is 5.22. The van der Waals surface area contributed by atoms with Gasteiger partial charge in [0.15, 0.2) is 0 Å². The molecule has 1 fully saturated rings. The van der Waals surface area contributed by atoms with Gasteiger partial charge in [-0.25, -0.2) is 0 Å². The molecule has 0 saturated carbocycles. The molecule has 1 saturated heterocycles. The molecular weight excluding hydrogens is 339 g/mol. The van der Waals surface area contributed by atoms with Crippen LogP contribution in [0.2, 0.25) is 10.0 Å². The van der Waals surface area contributed by atoms with Gasteiger partial charge in [-0.3, -0.25) is 4.79 Å².